The summed E-state index contributed by atoms with van der Waals surface area (Å²) in [6.07, 6.45) is 10.5. The lowest BCUT2D eigenvalue weighted by molar-refractivity contribution is 0.0681. The van der Waals surface area contributed by atoms with Gasteiger partial charge in [-0.25, -0.2) is 18.1 Å². The second-order valence-electron chi connectivity index (χ2n) is 12.0. The van der Waals surface area contributed by atoms with Gasteiger partial charge in [-0.05, 0) is 81.1 Å². The van der Waals surface area contributed by atoms with E-state index in [1.807, 2.05) is 42.6 Å². The number of halogens is 2. The number of aromatic nitrogens is 6. The van der Waals surface area contributed by atoms with E-state index in [9.17, 15) is 18.4 Å². The first-order valence-corrected chi connectivity index (χ1v) is 14.9. The average molecular weight is 621 g/mol. The van der Waals surface area contributed by atoms with Crippen molar-refractivity contribution in [2.45, 2.75) is 50.1 Å². The van der Waals surface area contributed by atoms with E-state index < -0.39 is 17.9 Å². The van der Waals surface area contributed by atoms with Crippen LogP contribution >= 0.6 is 0 Å². The zero-order valence-corrected chi connectivity index (χ0v) is 24.9. The van der Waals surface area contributed by atoms with Crippen LogP contribution in [0.15, 0.2) is 97.8 Å². The minimum atomic E-state index is -2.56. The van der Waals surface area contributed by atoms with Gasteiger partial charge >= 0.3 is 0 Å². The Kier molecular flexibility index (Phi) is 7.26. The van der Waals surface area contributed by atoms with Crippen molar-refractivity contribution in [1.29, 1.82) is 0 Å². The second kappa shape index (κ2) is 11.4. The average Bonchev–Trinajstić information content (AvgIpc) is 3.90. The Hall–Kier alpha value is -5.52. The highest BCUT2D eigenvalue weighted by molar-refractivity contribution is 6.07. The maximum absolute atomic E-state index is 13.1. The van der Waals surface area contributed by atoms with Crippen LogP contribution in [0.5, 0.6) is 0 Å². The molecule has 12 heteroatoms. The summed E-state index contributed by atoms with van der Waals surface area (Å²) in [6.45, 7) is 2.07. The summed E-state index contributed by atoms with van der Waals surface area (Å²) in [7, 11) is 0. The molecule has 2 aliphatic carbocycles. The predicted octanol–water partition coefficient (Wildman–Crippen LogP) is 5.65. The summed E-state index contributed by atoms with van der Waals surface area (Å²) in [6, 6.07) is 18.1. The van der Waals surface area contributed by atoms with Crippen LogP contribution in [0.3, 0.4) is 0 Å². The molecule has 2 saturated carbocycles. The second-order valence-corrected chi connectivity index (χ2v) is 12.0. The molecule has 6 aromatic rings. The smallest absolute Gasteiger partial charge is 0.261 e. The molecule has 0 spiro atoms. The molecule has 0 radical (unpaired) electrons. The van der Waals surface area contributed by atoms with Gasteiger partial charge in [0.1, 0.15) is 5.54 Å². The molecule has 0 atom stereocenters. The molecule has 4 heterocycles. The number of amides is 2. The van der Waals surface area contributed by atoms with E-state index in [1.165, 1.54) is 0 Å². The van der Waals surface area contributed by atoms with E-state index >= 15 is 0 Å². The van der Waals surface area contributed by atoms with Crippen molar-refractivity contribution in [2.75, 3.05) is 0 Å². The van der Waals surface area contributed by atoms with Crippen LogP contribution in [0.4, 0.5) is 8.78 Å². The van der Waals surface area contributed by atoms with Gasteiger partial charge in [-0.1, -0.05) is 12.1 Å². The molecule has 0 unspecified atom stereocenters. The Labute approximate surface area is 262 Å². The first-order valence-electron chi connectivity index (χ1n) is 14.9. The van der Waals surface area contributed by atoms with Crippen molar-refractivity contribution >= 4 is 33.6 Å². The van der Waals surface area contributed by atoms with E-state index in [2.05, 4.69) is 37.7 Å². The van der Waals surface area contributed by atoms with Gasteiger partial charge in [0.25, 0.3) is 18.2 Å². The number of hydrogen-bond donors (Lipinski definition) is 2. The topological polar surface area (TPSA) is 120 Å². The number of benzene rings is 2. The predicted molar refractivity (Wildman–Crippen MR) is 168 cm³/mol. The summed E-state index contributed by atoms with van der Waals surface area (Å²) in [4.78, 5) is 33.1. The van der Waals surface area contributed by atoms with E-state index in [4.69, 9.17) is 0 Å². The van der Waals surface area contributed by atoms with Crippen molar-refractivity contribution in [3.63, 3.8) is 0 Å². The number of nitrogens with zero attached hydrogens (tertiary/aromatic N) is 6. The zero-order valence-electron chi connectivity index (χ0n) is 24.9. The van der Waals surface area contributed by atoms with Crippen LogP contribution in [-0.4, -0.2) is 58.8 Å². The fraction of sp³-hybridized carbons (Fsp3) is 0.235. The summed E-state index contributed by atoms with van der Waals surface area (Å²) >= 11 is 0. The fourth-order valence-corrected chi connectivity index (χ4v) is 5.21. The lowest BCUT2D eigenvalue weighted by Gasteiger charge is -2.16. The van der Waals surface area contributed by atoms with Crippen LogP contribution < -0.4 is 10.6 Å². The van der Waals surface area contributed by atoms with Crippen LogP contribution in [0, 0.1) is 0 Å². The minimum absolute atomic E-state index is 0.0292. The maximum Gasteiger partial charge on any atom is 0.261 e. The van der Waals surface area contributed by atoms with Gasteiger partial charge < -0.3 is 10.6 Å². The summed E-state index contributed by atoms with van der Waals surface area (Å²) in [5.41, 5.74) is 2.67. The van der Waals surface area contributed by atoms with Crippen molar-refractivity contribution in [3.8, 4) is 11.4 Å². The summed E-state index contributed by atoms with van der Waals surface area (Å²) in [5, 5.41) is 16.0. The monoisotopic (exact) mass is 620 g/mol. The Morgan fingerprint density at radius 1 is 0.717 bits per heavy atom. The Balaban J connectivity index is 0.000000147. The van der Waals surface area contributed by atoms with Gasteiger partial charge in [-0.15, -0.1) is 0 Å². The third-order valence-electron chi connectivity index (χ3n) is 8.39. The van der Waals surface area contributed by atoms with Crippen molar-refractivity contribution in [1.82, 2.24) is 40.2 Å². The number of carbonyl (C=O) groups is 2. The number of nitrogens with one attached hydrogen (secondary N) is 2. The van der Waals surface area contributed by atoms with E-state index in [0.717, 1.165) is 35.1 Å². The van der Waals surface area contributed by atoms with Crippen molar-refractivity contribution < 1.29 is 18.4 Å². The molecule has 46 heavy (non-hydrogen) atoms. The standard InChI is InChI=1S/C17H14F2N4O.C17H16N4O/c18-16(19)17(6-7-17)21-15(24)12-4-1-5-14-13(12)10-23(22-14)11-3-2-8-20-9-11;1-17(7-8-17)19-16(22)13-5-2-6-15-14(13)11-21(20-15)12-4-3-9-18-10-12/h1-5,8-10,16H,6-7H2,(H,21,24);2-6,9-11H,7-8H2,1H3,(H,19,22). The first kappa shape index (κ1) is 29.2. The summed E-state index contributed by atoms with van der Waals surface area (Å²) < 4.78 is 29.5. The molecular weight excluding hydrogens is 590 g/mol. The lowest BCUT2D eigenvalue weighted by Crippen LogP contribution is -2.42. The molecule has 4 aromatic heterocycles. The van der Waals surface area contributed by atoms with Gasteiger partial charge in [0.2, 0.25) is 0 Å². The Morgan fingerprint density at radius 2 is 1.22 bits per heavy atom. The molecule has 2 amide bonds. The highest BCUT2D eigenvalue weighted by Crippen LogP contribution is 2.41. The van der Waals surface area contributed by atoms with E-state index in [0.29, 0.717) is 34.9 Å². The number of hydrogen-bond acceptors (Lipinski definition) is 6. The third-order valence-corrected chi connectivity index (χ3v) is 8.39. The molecular formula is C34H30F2N8O2. The van der Waals surface area contributed by atoms with E-state index in [1.54, 1.807) is 64.6 Å². The fourth-order valence-electron chi connectivity index (χ4n) is 5.21. The number of carbonyl (C=O) groups excluding carboxylic acids is 2. The molecule has 2 N–H and O–H groups in total. The summed E-state index contributed by atoms with van der Waals surface area (Å²) in [5.74, 6) is -0.527. The molecule has 0 bridgehead atoms. The number of rotatable bonds is 7. The molecule has 232 valence electrons. The first-order chi connectivity index (χ1) is 22.2. The minimum Gasteiger partial charge on any atom is -0.347 e. The number of fused-ring (bicyclic) bond motifs is 2. The SMILES string of the molecule is CC1(NC(=O)c2cccc3nn(-c4cccnc4)cc23)CC1.O=C(NC1(C(F)F)CC1)c1cccc2nn(-c3cccnc3)cc12. The molecule has 8 rings (SSSR count). The quantitative estimate of drug-likeness (QED) is 0.238. The highest BCUT2D eigenvalue weighted by Gasteiger charge is 2.52. The number of pyridine rings is 2. The normalized spacial score (nSPS) is 15.7. The molecule has 2 aromatic carbocycles. The van der Waals surface area contributed by atoms with Crippen molar-refractivity contribution in [2.24, 2.45) is 0 Å². The van der Waals surface area contributed by atoms with Gasteiger partial charge in [-0.3, -0.25) is 19.6 Å². The van der Waals surface area contributed by atoms with Crippen LogP contribution in [0.2, 0.25) is 0 Å². The molecule has 0 aliphatic heterocycles. The van der Waals surface area contributed by atoms with Gasteiger partial charge in [-0.2, -0.15) is 10.2 Å². The molecule has 0 saturated heterocycles. The molecule has 2 aliphatic rings. The number of alkyl halides is 2. The maximum atomic E-state index is 13.1. The highest BCUT2D eigenvalue weighted by atomic mass is 19.3. The molecule has 10 nitrogen and oxygen atoms in total. The van der Waals surface area contributed by atoms with E-state index in [-0.39, 0.29) is 11.4 Å². The van der Waals surface area contributed by atoms with Gasteiger partial charge in [0, 0.05) is 41.1 Å². The lowest BCUT2D eigenvalue weighted by atomic mass is 10.1. The Bertz CT molecular complexity index is 2050. The zero-order chi connectivity index (χ0) is 31.9. The van der Waals surface area contributed by atoms with Crippen LogP contribution in [0.1, 0.15) is 53.3 Å². The molecule has 2 fully saturated rings. The Morgan fingerprint density at radius 3 is 1.63 bits per heavy atom. The van der Waals surface area contributed by atoms with Gasteiger partial charge in [0.15, 0.2) is 0 Å². The third kappa shape index (κ3) is 5.81. The van der Waals surface area contributed by atoms with Crippen molar-refractivity contribution in [3.05, 3.63) is 109 Å². The largest absolute Gasteiger partial charge is 0.347 e. The van der Waals surface area contributed by atoms with Gasteiger partial charge in [0.05, 0.1) is 45.9 Å². The van der Waals surface area contributed by atoms with Crippen LogP contribution in [0.25, 0.3) is 33.2 Å². The van der Waals surface area contributed by atoms with Crippen LogP contribution in [-0.2, 0) is 0 Å².